The van der Waals surface area contributed by atoms with Gasteiger partial charge in [-0.1, -0.05) is 0 Å². The molecule has 1 aliphatic carbocycles. The summed E-state index contributed by atoms with van der Waals surface area (Å²) in [7, 11) is 0. The topological polar surface area (TPSA) is 72.6 Å². The molecule has 84 valence electrons. The quantitative estimate of drug-likeness (QED) is 0.739. The number of hydrogen-bond donors (Lipinski definition) is 1. The van der Waals surface area contributed by atoms with Gasteiger partial charge in [-0.3, -0.25) is 4.79 Å². The van der Waals surface area contributed by atoms with Crippen LogP contribution in [0.4, 0.5) is 4.79 Å². The second kappa shape index (κ2) is 4.08. The number of carbonyl (C=O) groups is 2. The van der Waals surface area contributed by atoms with Crippen molar-refractivity contribution in [1.82, 2.24) is 4.90 Å². The fraction of sp³-hybridized carbons (Fsp3) is 0.800. The first-order valence-corrected chi connectivity index (χ1v) is 5.39. The third-order valence-corrected chi connectivity index (χ3v) is 2.92. The summed E-state index contributed by atoms with van der Waals surface area (Å²) in [6.45, 7) is 1.33. The third kappa shape index (κ3) is 2.84. The molecule has 0 spiro atoms. The largest absolute Gasteiger partial charge is 0.444 e. The molecule has 0 radical (unpaired) electrons. The zero-order chi connectivity index (χ0) is 10.8. The molecule has 0 bridgehead atoms. The van der Waals surface area contributed by atoms with E-state index in [-0.39, 0.29) is 12.0 Å². The highest BCUT2D eigenvalue weighted by Crippen LogP contribution is 2.31. The number of nitrogens with two attached hydrogens (primary N) is 1. The molecular formula is C10H16N2O3. The fourth-order valence-corrected chi connectivity index (χ4v) is 1.93. The molecule has 5 nitrogen and oxygen atoms in total. The Kier molecular flexibility index (Phi) is 2.79. The average molecular weight is 212 g/mol. The summed E-state index contributed by atoms with van der Waals surface area (Å²) in [6, 6.07) is 0. The van der Waals surface area contributed by atoms with E-state index in [1.807, 2.05) is 0 Å². The molecule has 0 aromatic heterocycles. The number of primary amides is 1. The lowest BCUT2D eigenvalue weighted by molar-refractivity contribution is -0.137. The van der Waals surface area contributed by atoms with E-state index >= 15 is 0 Å². The van der Waals surface area contributed by atoms with Gasteiger partial charge < -0.3 is 15.4 Å². The van der Waals surface area contributed by atoms with Gasteiger partial charge in [-0.15, -0.1) is 0 Å². The molecule has 1 saturated carbocycles. The van der Waals surface area contributed by atoms with Crippen LogP contribution in [0.25, 0.3) is 0 Å². The van der Waals surface area contributed by atoms with Crippen LogP contribution in [0.5, 0.6) is 0 Å². The number of carbonyl (C=O) groups excluding carboxylic acids is 2. The number of nitrogens with zero attached hydrogens (tertiary/aromatic N) is 1. The molecule has 2 rings (SSSR count). The molecule has 0 aromatic rings. The van der Waals surface area contributed by atoms with Gasteiger partial charge in [0.25, 0.3) is 0 Å². The van der Waals surface area contributed by atoms with E-state index in [4.69, 9.17) is 10.5 Å². The molecule has 5 heteroatoms. The molecule has 2 fully saturated rings. The van der Waals surface area contributed by atoms with Crippen molar-refractivity contribution in [2.24, 2.45) is 11.7 Å². The summed E-state index contributed by atoms with van der Waals surface area (Å²) in [5.74, 6) is 0.840. The molecule has 1 heterocycles. The number of ether oxygens (including phenoxy) is 1. The van der Waals surface area contributed by atoms with Crippen LogP contribution in [0.15, 0.2) is 0 Å². The Bertz CT molecular complexity index is 276. The van der Waals surface area contributed by atoms with Crippen LogP contribution < -0.4 is 5.73 Å². The lowest BCUT2D eigenvalue weighted by atomic mass is 10.1. The van der Waals surface area contributed by atoms with Gasteiger partial charge in [-0.05, 0) is 25.2 Å². The molecule has 2 aliphatic rings. The van der Waals surface area contributed by atoms with E-state index < -0.39 is 6.09 Å². The molecule has 1 atom stereocenters. The van der Waals surface area contributed by atoms with Crippen LogP contribution in [0.3, 0.4) is 0 Å². The van der Waals surface area contributed by atoms with Gasteiger partial charge in [-0.25, -0.2) is 4.79 Å². The second-order valence-electron chi connectivity index (χ2n) is 4.34. The minimum atomic E-state index is -0.749. The number of amides is 2. The summed E-state index contributed by atoms with van der Waals surface area (Å²) in [6.07, 6.45) is 2.53. The summed E-state index contributed by atoms with van der Waals surface area (Å²) in [5, 5.41) is 0. The Morgan fingerprint density at radius 1 is 1.47 bits per heavy atom. The van der Waals surface area contributed by atoms with E-state index in [0.717, 1.165) is 6.54 Å². The van der Waals surface area contributed by atoms with E-state index in [0.29, 0.717) is 25.3 Å². The standard InChI is InChI=1S/C10H16N2O3/c11-10(14)15-8-3-4-9(13)12(6-8)5-7-1-2-7/h7-8H,1-6H2,(H2,11,14). The normalized spacial score (nSPS) is 26.5. The highest BCUT2D eigenvalue weighted by Gasteiger charge is 2.32. The van der Waals surface area contributed by atoms with E-state index in [2.05, 4.69) is 0 Å². The van der Waals surface area contributed by atoms with Gasteiger partial charge in [0.05, 0.1) is 6.54 Å². The van der Waals surface area contributed by atoms with Crippen molar-refractivity contribution in [3.8, 4) is 0 Å². The van der Waals surface area contributed by atoms with Crippen LogP contribution in [-0.2, 0) is 9.53 Å². The third-order valence-electron chi connectivity index (χ3n) is 2.92. The van der Waals surface area contributed by atoms with Crippen LogP contribution >= 0.6 is 0 Å². The smallest absolute Gasteiger partial charge is 0.404 e. The molecule has 15 heavy (non-hydrogen) atoms. The Hall–Kier alpha value is -1.26. The van der Waals surface area contributed by atoms with Gasteiger partial charge in [0.1, 0.15) is 6.10 Å². The van der Waals surface area contributed by atoms with Crippen molar-refractivity contribution >= 4 is 12.0 Å². The maximum atomic E-state index is 11.5. The highest BCUT2D eigenvalue weighted by atomic mass is 16.6. The van der Waals surface area contributed by atoms with E-state index in [1.165, 1.54) is 12.8 Å². The van der Waals surface area contributed by atoms with Crippen LogP contribution in [-0.4, -0.2) is 36.1 Å². The lowest BCUT2D eigenvalue weighted by Crippen LogP contribution is -2.45. The number of rotatable bonds is 3. The first kappa shape index (κ1) is 10.3. The summed E-state index contributed by atoms with van der Waals surface area (Å²) in [4.78, 5) is 23.9. The number of piperidine rings is 1. The first-order chi connectivity index (χ1) is 7.15. The molecule has 2 N–H and O–H groups in total. The van der Waals surface area contributed by atoms with E-state index in [1.54, 1.807) is 4.90 Å². The Morgan fingerprint density at radius 2 is 2.20 bits per heavy atom. The first-order valence-electron chi connectivity index (χ1n) is 5.39. The van der Waals surface area contributed by atoms with Crippen LogP contribution in [0.1, 0.15) is 25.7 Å². The van der Waals surface area contributed by atoms with Gasteiger partial charge in [0, 0.05) is 13.0 Å². The molecule has 1 unspecified atom stereocenters. The minimum Gasteiger partial charge on any atom is -0.444 e. The van der Waals surface area contributed by atoms with Gasteiger partial charge in [0.2, 0.25) is 5.91 Å². The van der Waals surface area contributed by atoms with Crippen molar-refractivity contribution in [1.29, 1.82) is 0 Å². The molecule has 2 amide bonds. The molecular weight excluding hydrogens is 196 g/mol. The number of likely N-dealkylation sites (tertiary alicyclic amines) is 1. The second-order valence-corrected chi connectivity index (χ2v) is 4.34. The molecule has 0 aromatic carbocycles. The minimum absolute atomic E-state index is 0.172. The van der Waals surface area contributed by atoms with Crippen molar-refractivity contribution < 1.29 is 14.3 Å². The fourth-order valence-electron chi connectivity index (χ4n) is 1.93. The Labute approximate surface area is 88.5 Å². The van der Waals surface area contributed by atoms with Crippen molar-refractivity contribution in [2.45, 2.75) is 31.8 Å². The van der Waals surface area contributed by atoms with Crippen LogP contribution in [0.2, 0.25) is 0 Å². The monoisotopic (exact) mass is 212 g/mol. The predicted octanol–water partition coefficient (Wildman–Crippen LogP) is 0.483. The van der Waals surface area contributed by atoms with Crippen LogP contribution in [0, 0.1) is 5.92 Å². The predicted molar refractivity (Wildman–Crippen MR) is 53.0 cm³/mol. The van der Waals surface area contributed by atoms with Crippen molar-refractivity contribution in [3.63, 3.8) is 0 Å². The van der Waals surface area contributed by atoms with Crippen molar-refractivity contribution in [2.75, 3.05) is 13.1 Å². The summed E-state index contributed by atoms with van der Waals surface area (Å²) >= 11 is 0. The van der Waals surface area contributed by atoms with Gasteiger partial charge >= 0.3 is 6.09 Å². The number of hydrogen-bond acceptors (Lipinski definition) is 3. The zero-order valence-corrected chi connectivity index (χ0v) is 8.65. The van der Waals surface area contributed by atoms with Gasteiger partial charge in [0.15, 0.2) is 0 Å². The Morgan fingerprint density at radius 3 is 2.80 bits per heavy atom. The van der Waals surface area contributed by atoms with E-state index in [9.17, 15) is 9.59 Å². The van der Waals surface area contributed by atoms with Crippen molar-refractivity contribution in [3.05, 3.63) is 0 Å². The maximum Gasteiger partial charge on any atom is 0.404 e. The Balaban J connectivity index is 1.85. The lowest BCUT2D eigenvalue weighted by Gasteiger charge is -2.31. The van der Waals surface area contributed by atoms with Gasteiger partial charge in [-0.2, -0.15) is 0 Å². The average Bonchev–Trinajstić information content (AvgIpc) is 2.94. The highest BCUT2D eigenvalue weighted by molar-refractivity contribution is 5.77. The summed E-state index contributed by atoms with van der Waals surface area (Å²) in [5.41, 5.74) is 4.95. The summed E-state index contributed by atoms with van der Waals surface area (Å²) < 4.78 is 4.92. The maximum absolute atomic E-state index is 11.5. The SMILES string of the molecule is NC(=O)OC1CCC(=O)N(CC2CC2)C1. The molecule has 1 aliphatic heterocycles. The molecule has 1 saturated heterocycles. The zero-order valence-electron chi connectivity index (χ0n) is 8.65.